The highest BCUT2D eigenvalue weighted by molar-refractivity contribution is 7.80. The number of hydrogen-bond acceptors (Lipinski definition) is 3. The van der Waals surface area contributed by atoms with Gasteiger partial charge in [0.25, 0.3) is 0 Å². The molecule has 7 heteroatoms. The number of likely N-dealkylation sites (N-methyl/N-ethyl adjacent to an activating group) is 1. The molecule has 0 aromatic heterocycles. The number of halogens is 2. The van der Waals surface area contributed by atoms with Gasteiger partial charge in [0.15, 0.2) is 5.11 Å². The van der Waals surface area contributed by atoms with Gasteiger partial charge in [-0.1, -0.05) is 13.8 Å². The predicted octanol–water partition coefficient (Wildman–Crippen LogP) is 2.92. The Morgan fingerprint density at radius 1 is 1.24 bits per heavy atom. The Balaban J connectivity index is 2.34. The van der Waals surface area contributed by atoms with Crippen molar-refractivity contribution in [2.24, 2.45) is 0 Å². The number of hydrogen-bond donors (Lipinski definition) is 2. The zero-order chi connectivity index (χ0) is 15.7. The molecule has 1 rings (SSSR count). The van der Waals surface area contributed by atoms with Crippen LogP contribution in [0.2, 0.25) is 0 Å². The van der Waals surface area contributed by atoms with Gasteiger partial charge in [-0.3, -0.25) is 0 Å². The first kappa shape index (κ1) is 17.6. The maximum atomic E-state index is 12.0. The van der Waals surface area contributed by atoms with Crippen LogP contribution in [0.1, 0.15) is 13.8 Å². The second-order valence-corrected chi connectivity index (χ2v) is 4.72. The van der Waals surface area contributed by atoms with E-state index in [9.17, 15) is 8.78 Å². The number of benzene rings is 1. The molecule has 0 radical (unpaired) electrons. The molecule has 0 aliphatic heterocycles. The fourth-order valence-electron chi connectivity index (χ4n) is 1.76. The van der Waals surface area contributed by atoms with Gasteiger partial charge in [0, 0.05) is 18.8 Å². The fraction of sp³-hybridized carbons (Fsp3) is 0.500. The number of ether oxygens (including phenoxy) is 1. The maximum absolute atomic E-state index is 12.0. The number of alkyl halides is 2. The first-order valence-electron chi connectivity index (χ1n) is 6.87. The molecule has 4 nitrogen and oxygen atoms in total. The average Bonchev–Trinajstić information content (AvgIpc) is 2.45. The molecule has 118 valence electrons. The lowest BCUT2D eigenvalue weighted by Gasteiger charge is -2.19. The van der Waals surface area contributed by atoms with E-state index in [-0.39, 0.29) is 5.75 Å². The van der Waals surface area contributed by atoms with Crippen LogP contribution in [-0.4, -0.2) is 42.8 Å². The summed E-state index contributed by atoms with van der Waals surface area (Å²) in [5.41, 5.74) is 0.719. The monoisotopic (exact) mass is 317 g/mol. The zero-order valence-corrected chi connectivity index (χ0v) is 13.1. The molecular formula is C14H21F2N3OS. The van der Waals surface area contributed by atoms with Gasteiger partial charge in [-0.15, -0.1) is 0 Å². The van der Waals surface area contributed by atoms with E-state index in [1.807, 2.05) is 0 Å². The first-order valence-corrected chi connectivity index (χ1v) is 7.28. The van der Waals surface area contributed by atoms with Crippen molar-refractivity contribution < 1.29 is 13.5 Å². The Labute approximate surface area is 129 Å². The van der Waals surface area contributed by atoms with E-state index >= 15 is 0 Å². The smallest absolute Gasteiger partial charge is 0.387 e. The lowest BCUT2D eigenvalue weighted by molar-refractivity contribution is -0.0498. The minimum absolute atomic E-state index is 0.121. The number of nitrogens with one attached hydrogen (secondary N) is 2. The van der Waals surface area contributed by atoms with Crippen LogP contribution in [0.5, 0.6) is 5.75 Å². The molecule has 0 aliphatic carbocycles. The van der Waals surface area contributed by atoms with E-state index in [1.54, 1.807) is 12.1 Å². The van der Waals surface area contributed by atoms with Crippen molar-refractivity contribution in [3.05, 3.63) is 24.3 Å². The Morgan fingerprint density at radius 2 is 1.86 bits per heavy atom. The van der Waals surface area contributed by atoms with E-state index in [0.29, 0.717) is 5.11 Å². The Bertz CT molecular complexity index is 425. The highest BCUT2D eigenvalue weighted by atomic mass is 32.1. The maximum Gasteiger partial charge on any atom is 0.387 e. The number of nitrogens with zero attached hydrogens (tertiary/aromatic N) is 1. The molecule has 0 saturated heterocycles. The molecule has 1 aromatic rings. The summed E-state index contributed by atoms with van der Waals surface area (Å²) in [6.07, 6.45) is 0. The van der Waals surface area contributed by atoms with Crippen LogP contribution in [0, 0.1) is 0 Å². The SMILES string of the molecule is CCN(CC)CCNC(=S)Nc1ccc(OC(F)F)cc1. The van der Waals surface area contributed by atoms with Gasteiger partial charge in [0.05, 0.1) is 0 Å². The third-order valence-electron chi connectivity index (χ3n) is 2.95. The molecule has 0 bridgehead atoms. The number of anilines is 1. The molecule has 0 saturated carbocycles. The summed E-state index contributed by atoms with van der Waals surface area (Å²) in [6.45, 7) is 5.09. The van der Waals surface area contributed by atoms with Crippen LogP contribution >= 0.6 is 12.2 Å². The molecule has 21 heavy (non-hydrogen) atoms. The second-order valence-electron chi connectivity index (χ2n) is 4.31. The van der Waals surface area contributed by atoms with E-state index in [4.69, 9.17) is 12.2 Å². The highest BCUT2D eigenvalue weighted by Crippen LogP contribution is 2.17. The number of rotatable bonds is 8. The van der Waals surface area contributed by atoms with Gasteiger partial charge in [-0.25, -0.2) is 0 Å². The van der Waals surface area contributed by atoms with Gasteiger partial charge in [-0.2, -0.15) is 8.78 Å². The van der Waals surface area contributed by atoms with Crippen LogP contribution in [0.25, 0.3) is 0 Å². The molecule has 1 aromatic carbocycles. The topological polar surface area (TPSA) is 36.5 Å². The molecule has 2 N–H and O–H groups in total. The Hall–Kier alpha value is -1.47. The Kier molecular flexibility index (Phi) is 7.92. The standard InChI is InChI=1S/C14H21F2N3OS/c1-3-19(4-2)10-9-17-14(21)18-11-5-7-12(8-6-11)20-13(15)16/h5-8,13H,3-4,9-10H2,1-2H3,(H2,17,18,21). The van der Waals surface area contributed by atoms with Crippen molar-refractivity contribution in [2.45, 2.75) is 20.5 Å². The second kappa shape index (κ2) is 9.46. The summed E-state index contributed by atoms with van der Waals surface area (Å²) in [7, 11) is 0. The highest BCUT2D eigenvalue weighted by Gasteiger charge is 2.04. The molecule has 0 amide bonds. The van der Waals surface area contributed by atoms with E-state index < -0.39 is 6.61 Å². The van der Waals surface area contributed by atoms with Gasteiger partial charge < -0.3 is 20.3 Å². The van der Waals surface area contributed by atoms with Gasteiger partial charge >= 0.3 is 6.61 Å². The summed E-state index contributed by atoms with van der Waals surface area (Å²) in [5, 5.41) is 6.60. The lowest BCUT2D eigenvalue weighted by Crippen LogP contribution is -2.36. The minimum atomic E-state index is -2.81. The van der Waals surface area contributed by atoms with Gasteiger partial charge in [-0.05, 0) is 49.6 Å². The van der Waals surface area contributed by atoms with Crippen molar-refractivity contribution in [1.82, 2.24) is 10.2 Å². The van der Waals surface area contributed by atoms with Crippen LogP contribution < -0.4 is 15.4 Å². The Morgan fingerprint density at radius 3 is 2.38 bits per heavy atom. The van der Waals surface area contributed by atoms with E-state index in [0.717, 1.165) is 31.9 Å². The molecule has 0 atom stereocenters. The van der Waals surface area contributed by atoms with Gasteiger partial charge in [0.1, 0.15) is 5.75 Å². The van der Waals surface area contributed by atoms with Crippen LogP contribution in [-0.2, 0) is 0 Å². The van der Waals surface area contributed by atoms with Crippen LogP contribution in [0.15, 0.2) is 24.3 Å². The van der Waals surface area contributed by atoms with Gasteiger partial charge in [0.2, 0.25) is 0 Å². The van der Waals surface area contributed by atoms with E-state index in [1.165, 1.54) is 12.1 Å². The molecular weight excluding hydrogens is 296 g/mol. The summed E-state index contributed by atoms with van der Waals surface area (Å²) >= 11 is 5.17. The van der Waals surface area contributed by atoms with Crippen LogP contribution in [0.3, 0.4) is 0 Å². The van der Waals surface area contributed by atoms with Crippen molar-refractivity contribution in [3.63, 3.8) is 0 Å². The van der Waals surface area contributed by atoms with Crippen molar-refractivity contribution in [1.29, 1.82) is 0 Å². The first-order chi connectivity index (χ1) is 10.0. The normalized spacial score (nSPS) is 10.8. The fourth-order valence-corrected chi connectivity index (χ4v) is 1.98. The number of thiocarbonyl (C=S) groups is 1. The summed E-state index contributed by atoms with van der Waals surface area (Å²) in [4.78, 5) is 2.28. The zero-order valence-electron chi connectivity index (χ0n) is 12.2. The third kappa shape index (κ3) is 7.19. The predicted molar refractivity (Wildman–Crippen MR) is 85.1 cm³/mol. The van der Waals surface area contributed by atoms with Crippen molar-refractivity contribution in [3.8, 4) is 5.75 Å². The molecule has 0 fully saturated rings. The lowest BCUT2D eigenvalue weighted by atomic mass is 10.3. The molecule has 0 unspecified atom stereocenters. The molecule has 0 heterocycles. The minimum Gasteiger partial charge on any atom is -0.435 e. The van der Waals surface area contributed by atoms with E-state index in [2.05, 4.69) is 34.1 Å². The summed E-state index contributed by atoms with van der Waals surface area (Å²) in [5.74, 6) is 0.121. The molecule has 0 aliphatic rings. The summed E-state index contributed by atoms with van der Waals surface area (Å²) < 4.78 is 28.3. The molecule has 0 spiro atoms. The third-order valence-corrected chi connectivity index (χ3v) is 3.19. The average molecular weight is 317 g/mol. The quantitative estimate of drug-likeness (QED) is 0.721. The van der Waals surface area contributed by atoms with Crippen LogP contribution in [0.4, 0.5) is 14.5 Å². The van der Waals surface area contributed by atoms with Crippen molar-refractivity contribution in [2.75, 3.05) is 31.5 Å². The largest absolute Gasteiger partial charge is 0.435 e. The summed E-state index contributed by atoms with van der Waals surface area (Å²) in [6, 6.07) is 6.20. The van der Waals surface area contributed by atoms with Crippen molar-refractivity contribution >= 4 is 23.0 Å².